The number of benzene rings is 1. The molecule has 6 heteroatoms. The zero-order valence-corrected chi connectivity index (χ0v) is 11.0. The average Bonchev–Trinajstić information content (AvgIpc) is 2.41. The number of hydrogen-bond donors (Lipinski definition) is 0. The van der Waals surface area contributed by atoms with Crippen LogP contribution in [0.2, 0.25) is 10.4 Å². The first-order chi connectivity index (χ1) is 8.74. The Morgan fingerprint density at radius 3 is 2.67 bits per heavy atom. The molecule has 1 aliphatic heterocycles. The van der Waals surface area contributed by atoms with Crippen molar-refractivity contribution < 1.29 is 0 Å². The lowest BCUT2D eigenvalue weighted by atomic mass is 10.0. The second-order valence-electron chi connectivity index (χ2n) is 4.14. The van der Waals surface area contributed by atoms with Gasteiger partial charge in [0.25, 0.3) is 0 Å². The van der Waals surface area contributed by atoms with Gasteiger partial charge in [-0.05, 0) is 29.1 Å². The van der Waals surface area contributed by atoms with Crippen LogP contribution in [0.1, 0.15) is 11.1 Å². The van der Waals surface area contributed by atoms with Crippen molar-refractivity contribution >= 4 is 29.0 Å². The lowest BCUT2D eigenvalue weighted by Gasteiger charge is -2.29. The zero-order valence-electron chi connectivity index (χ0n) is 9.48. The first-order valence-electron chi connectivity index (χ1n) is 5.61. The molecule has 0 N–H and O–H groups in total. The Bertz CT molecular complexity index is 588. The topological polar surface area (TPSA) is 41.9 Å². The maximum Gasteiger partial charge on any atom is 0.245 e. The monoisotopic (exact) mass is 280 g/mol. The molecule has 0 bridgehead atoms. The summed E-state index contributed by atoms with van der Waals surface area (Å²) in [5.74, 6) is 0.603. The Labute approximate surface area is 115 Å². The number of fused-ring (bicyclic) bond motifs is 1. The highest BCUT2D eigenvalue weighted by atomic mass is 35.5. The molecule has 0 aliphatic carbocycles. The van der Waals surface area contributed by atoms with Gasteiger partial charge in [-0.25, -0.2) is 0 Å². The van der Waals surface area contributed by atoms with Gasteiger partial charge >= 0.3 is 0 Å². The van der Waals surface area contributed by atoms with E-state index < -0.39 is 0 Å². The molecule has 1 aromatic carbocycles. The summed E-state index contributed by atoms with van der Waals surface area (Å²) in [7, 11) is 0. The number of hydrogen-bond acceptors (Lipinski definition) is 4. The number of anilines is 1. The van der Waals surface area contributed by atoms with Gasteiger partial charge in [-0.1, -0.05) is 35.9 Å². The van der Waals surface area contributed by atoms with Crippen LogP contribution in [0.4, 0.5) is 5.82 Å². The molecule has 0 atom stereocenters. The summed E-state index contributed by atoms with van der Waals surface area (Å²) < 4.78 is 0. The molecule has 0 amide bonds. The molecule has 0 radical (unpaired) electrons. The van der Waals surface area contributed by atoms with Gasteiger partial charge in [-0.15, -0.1) is 10.2 Å². The molecule has 2 heterocycles. The van der Waals surface area contributed by atoms with Crippen molar-refractivity contribution in [3.05, 3.63) is 45.8 Å². The molecule has 0 saturated carbocycles. The Hall–Kier alpha value is -1.39. The van der Waals surface area contributed by atoms with E-state index in [4.69, 9.17) is 23.2 Å². The molecule has 0 fully saturated rings. The molecule has 92 valence electrons. The minimum Gasteiger partial charge on any atom is -0.349 e. The van der Waals surface area contributed by atoms with Crippen LogP contribution in [0.15, 0.2) is 24.3 Å². The first-order valence-corrected chi connectivity index (χ1v) is 6.37. The normalized spacial score (nSPS) is 14.4. The highest BCUT2D eigenvalue weighted by Crippen LogP contribution is 2.27. The molecule has 3 rings (SSSR count). The average molecular weight is 281 g/mol. The summed E-state index contributed by atoms with van der Waals surface area (Å²) in [5.41, 5.74) is 2.66. The van der Waals surface area contributed by atoms with Gasteiger partial charge in [0, 0.05) is 13.1 Å². The molecule has 18 heavy (non-hydrogen) atoms. The lowest BCUT2D eigenvalue weighted by molar-refractivity contribution is 0.714. The van der Waals surface area contributed by atoms with Gasteiger partial charge in [0.2, 0.25) is 5.28 Å². The van der Waals surface area contributed by atoms with E-state index in [0.717, 1.165) is 19.5 Å². The quantitative estimate of drug-likeness (QED) is 0.806. The smallest absolute Gasteiger partial charge is 0.245 e. The molecule has 1 aromatic heterocycles. The second kappa shape index (κ2) is 4.71. The van der Waals surface area contributed by atoms with Crippen molar-refractivity contribution in [1.82, 2.24) is 15.2 Å². The van der Waals surface area contributed by atoms with E-state index in [1.54, 1.807) is 0 Å². The molecule has 2 aromatic rings. The van der Waals surface area contributed by atoms with E-state index in [1.807, 2.05) is 6.07 Å². The third-order valence-corrected chi connectivity index (χ3v) is 3.44. The third-order valence-electron chi connectivity index (χ3n) is 3.03. The van der Waals surface area contributed by atoms with Crippen molar-refractivity contribution in [2.45, 2.75) is 13.0 Å². The van der Waals surface area contributed by atoms with E-state index in [1.165, 1.54) is 11.1 Å². The molecular formula is C12H10Cl2N4. The molecule has 1 aliphatic rings. The van der Waals surface area contributed by atoms with Crippen LogP contribution in [0.3, 0.4) is 0 Å². The van der Waals surface area contributed by atoms with E-state index in [2.05, 4.69) is 38.3 Å². The largest absolute Gasteiger partial charge is 0.349 e. The Balaban J connectivity index is 1.94. The van der Waals surface area contributed by atoms with Crippen molar-refractivity contribution in [3.8, 4) is 0 Å². The number of rotatable bonds is 1. The minimum absolute atomic E-state index is 0.119. The van der Waals surface area contributed by atoms with Crippen molar-refractivity contribution in [3.63, 3.8) is 0 Å². The Morgan fingerprint density at radius 2 is 1.83 bits per heavy atom. The van der Waals surface area contributed by atoms with Crippen LogP contribution in [-0.2, 0) is 13.0 Å². The van der Waals surface area contributed by atoms with Gasteiger partial charge in [0.05, 0.1) is 0 Å². The van der Waals surface area contributed by atoms with E-state index >= 15 is 0 Å². The summed E-state index contributed by atoms with van der Waals surface area (Å²) in [5, 5.41) is 7.82. The summed E-state index contributed by atoms with van der Waals surface area (Å²) in [4.78, 5) is 6.23. The number of aromatic nitrogens is 3. The van der Waals surface area contributed by atoms with E-state index in [0.29, 0.717) is 11.0 Å². The van der Waals surface area contributed by atoms with Crippen LogP contribution in [0.25, 0.3) is 0 Å². The molecule has 0 saturated heterocycles. The van der Waals surface area contributed by atoms with Gasteiger partial charge in [-0.2, -0.15) is 4.98 Å². The number of nitrogens with zero attached hydrogens (tertiary/aromatic N) is 4. The summed E-state index contributed by atoms with van der Waals surface area (Å²) in [6.07, 6.45) is 0.966. The standard InChI is InChI=1S/C12H10Cl2N4/c13-10-11(15-12(14)17-16-10)18-6-5-8-3-1-2-4-9(8)7-18/h1-4H,5-7H2. The van der Waals surface area contributed by atoms with Crippen molar-refractivity contribution in [2.24, 2.45) is 0 Å². The van der Waals surface area contributed by atoms with Crippen molar-refractivity contribution in [1.29, 1.82) is 0 Å². The highest BCUT2D eigenvalue weighted by molar-refractivity contribution is 6.32. The SMILES string of the molecule is Clc1nnc(Cl)c(N2CCc3ccccc3C2)n1. The van der Waals surface area contributed by atoms with Gasteiger partial charge in [0.1, 0.15) is 0 Å². The highest BCUT2D eigenvalue weighted by Gasteiger charge is 2.20. The second-order valence-corrected chi connectivity index (χ2v) is 4.83. The van der Waals surface area contributed by atoms with Gasteiger partial charge in [-0.3, -0.25) is 0 Å². The van der Waals surface area contributed by atoms with Gasteiger partial charge in [0.15, 0.2) is 11.0 Å². The number of halogens is 2. The molecular weight excluding hydrogens is 271 g/mol. The third kappa shape index (κ3) is 2.13. The van der Waals surface area contributed by atoms with E-state index in [-0.39, 0.29) is 5.28 Å². The van der Waals surface area contributed by atoms with Crippen LogP contribution in [0.5, 0.6) is 0 Å². The maximum atomic E-state index is 6.02. The predicted octanol–water partition coefficient (Wildman–Crippen LogP) is 2.74. The Morgan fingerprint density at radius 1 is 1.06 bits per heavy atom. The first kappa shape index (κ1) is 11.7. The van der Waals surface area contributed by atoms with Crippen LogP contribution < -0.4 is 4.90 Å². The summed E-state index contributed by atoms with van der Waals surface area (Å²) in [6, 6.07) is 8.37. The fraction of sp³-hybridized carbons (Fsp3) is 0.250. The molecule has 0 unspecified atom stereocenters. The fourth-order valence-corrected chi connectivity index (χ4v) is 2.48. The van der Waals surface area contributed by atoms with Crippen LogP contribution in [0, 0.1) is 0 Å². The lowest BCUT2D eigenvalue weighted by Crippen LogP contribution is -2.31. The summed E-state index contributed by atoms with van der Waals surface area (Å²) in [6.45, 7) is 1.62. The zero-order chi connectivity index (χ0) is 12.5. The predicted molar refractivity (Wildman–Crippen MR) is 71.0 cm³/mol. The molecule has 4 nitrogen and oxygen atoms in total. The van der Waals surface area contributed by atoms with E-state index in [9.17, 15) is 0 Å². The maximum absolute atomic E-state index is 6.02. The fourth-order valence-electron chi connectivity index (χ4n) is 2.16. The van der Waals surface area contributed by atoms with Crippen molar-refractivity contribution in [2.75, 3.05) is 11.4 Å². The molecule has 0 spiro atoms. The Kier molecular flexibility index (Phi) is 3.06. The van der Waals surface area contributed by atoms with Crippen LogP contribution in [-0.4, -0.2) is 21.7 Å². The van der Waals surface area contributed by atoms with Crippen LogP contribution >= 0.6 is 23.2 Å². The summed E-state index contributed by atoms with van der Waals surface area (Å²) >= 11 is 11.8. The minimum atomic E-state index is 0.119. The van der Waals surface area contributed by atoms with Gasteiger partial charge < -0.3 is 4.90 Å².